The molecule has 128 valence electrons. The Morgan fingerprint density at radius 2 is 2.00 bits per heavy atom. The highest BCUT2D eigenvalue weighted by molar-refractivity contribution is 6.04. The Bertz CT molecular complexity index is 814. The van der Waals surface area contributed by atoms with Crippen LogP contribution in [-0.2, 0) is 4.79 Å². The Labute approximate surface area is 147 Å². The summed E-state index contributed by atoms with van der Waals surface area (Å²) in [7, 11) is 3.46. The van der Waals surface area contributed by atoms with Crippen molar-refractivity contribution in [3.05, 3.63) is 65.4 Å². The number of hydrogen-bond donors (Lipinski definition) is 0. The number of carbonyl (C=O) groups is 2. The van der Waals surface area contributed by atoms with Crippen LogP contribution in [0.2, 0.25) is 0 Å². The van der Waals surface area contributed by atoms with Crippen LogP contribution >= 0.6 is 0 Å². The van der Waals surface area contributed by atoms with E-state index >= 15 is 0 Å². The van der Waals surface area contributed by atoms with Gasteiger partial charge in [0.15, 0.2) is 6.04 Å². The molecular weight excluding hydrogens is 314 g/mol. The van der Waals surface area contributed by atoms with Gasteiger partial charge in [-0.3, -0.25) is 14.6 Å². The lowest BCUT2D eigenvalue weighted by molar-refractivity contribution is -0.128. The molecule has 0 saturated heterocycles. The van der Waals surface area contributed by atoms with Crippen LogP contribution in [0.1, 0.15) is 22.8 Å². The van der Waals surface area contributed by atoms with Gasteiger partial charge >= 0.3 is 0 Å². The van der Waals surface area contributed by atoms with Gasteiger partial charge in [0.2, 0.25) is 0 Å². The van der Waals surface area contributed by atoms with E-state index in [1.165, 1.54) is 0 Å². The summed E-state index contributed by atoms with van der Waals surface area (Å²) < 4.78 is 0. The van der Waals surface area contributed by atoms with Crippen molar-refractivity contribution >= 4 is 23.6 Å². The molecule has 3 rings (SSSR count). The monoisotopic (exact) mass is 335 g/mol. The van der Waals surface area contributed by atoms with E-state index in [4.69, 9.17) is 0 Å². The lowest BCUT2D eigenvalue weighted by Crippen LogP contribution is -2.39. The first kappa shape index (κ1) is 16.9. The number of benzene rings is 1. The summed E-state index contributed by atoms with van der Waals surface area (Å²) in [5.41, 5.74) is 3.49. The summed E-state index contributed by atoms with van der Waals surface area (Å²) in [5, 5.41) is 0. The van der Waals surface area contributed by atoms with Gasteiger partial charge in [0.1, 0.15) is 0 Å². The third-order valence-corrected chi connectivity index (χ3v) is 4.28. The van der Waals surface area contributed by atoms with E-state index in [1.54, 1.807) is 30.1 Å². The van der Waals surface area contributed by atoms with Crippen LogP contribution in [0.25, 0.3) is 5.57 Å². The van der Waals surface area contributed by atoms with Gasteiger partial charge in [-0.2, -0.15) is 0 Å². The second-order valence-electron chi connectivity index (χ2n) is 6.20. The molecule has 1 unspecified atom stereocenters. The number of hydrogen-bond acceptors (Lipinski definition) is 3. The van der Waals surface area contributed by atoms with Crippen LogP contribution in [-0.4, -0.2) is 54.5 Å². The molecule has 2 aliphatic heterocycles. The minimum absolute atomic E-state index is 0.0127. The SMILES string of the molecule is CC=CCN1C=C(c2ccc(C(=O)N(C)C)cc2)C2=CC=NC2C1=O. The molecule has 1 aromatic rings. The highest BCUT2D eigenvalue weighted by Gasteiger charge is 2.34. The molecule has 0 bridgehead atoms. The third-order valence-electron chi connectivity index (χ3n) is 4.28. The smallest absolute Gasteiger partial charge is 0.256 e. The molecule has 2 amide bonds. The number of aliphatic imine (C=N–C) groups is 1. The fraction of sp³-hybridized carbons (Fsp3) is 0.250. The van der Waals surface area contributed by atoms with E-state index < -0.39 is 6.04 Å². The van der Waals surface area contributed by atoms with Crippen LogP contribution < -0.4 is 0 Å². The molecule has 0 aromatic heterocycles. The quantitative estimate of drug-likeness (QED) is 0.794. The lowest BCUT2D eigenvalue weighted by Gasteiger charge is -2.29. The normalized spacial score (nSPS) is 19.1. The molecule has 0 radical (unpaired) electrons. The molecule has 0 saturated carbocycles. The third kappa shape index (κ3) is 3.18. The molecule has 1 aromatic carbocycles. The topological polar surface area (TPSA) is 53.0 Å². The van der Waals surface area contributed by atoms with Crippen molar-refractivity contribution in [3.8, 4) is 0 Å². The second kappa shape index (κ2) is 6.89. The molecule has 0 aliphatic carbocycles. The van der Waals surface area contributed by atoms with Crippen molar-refractivity contribution in [1.29, 1.82) is 0 Å². The maximum atomic E-state index is 12.6. The lowest BCUT2D eigenvalue weighted by atomic mass is 9.90. The number of amides is 2. The predicted molar refractivity (Wildman–Crippen MR) is 99.3 cm³/mol. The molecule has 0 N–H and O–H groups in total. The van der Waals surface area contributed by atoms with E-state index in [-0.39, 0.29) is 11.8 Å². The summed E-state index contributed by atoms with van der Waals surface area (Å²) >= 11 is 0. The minimum atomic E-state index is -0.465. The summed E-state index contributed by atoms with van der Waals surface area (Å²) in [6.07, 6.45) is 9.32. The van der Waals surface area contributed by atoms with Crippen molar-refractivity contribution < 1.29 is 9.59 Å². The van der Waals surface area contributed by atoms with Gasteiger partial charge in [0.05, 0.1) is 0 Å². The molecule has 0 spiro atoms. The Morgan fingerprint density at radius 3 is 2.64 bits per heavy atom. The standard InChI is InChI=1S/C20H21N3O2/c1-4-5-12-23-13-17(16-10-11-21-18(16)20(23)25)14-6-8-15(9-7-14)19(24)22(2)3/h4-11,13,18H,12H2,1-3H3. The molecule has 1 atom stereocenters. The molecular formula is C20H21N3O2. The molecule has 25 heavy (non-hydrogen) atoms. The van der Waals surface area contributed by atoms with Gasteiger partial charge in [-0.25, -0.2) is 0 Å². The maximum Gasteiger partial charge on any atom is 0.256 e. The van der Waals surface area contributed by atoms with Crippen LogP contribution in [0.5, 0.6) is 0 Å². The number of carbonyl (C=O) groups excluding carboxylic acids is 2. The van der Waals surface area contributed by atoms with Gasteiger partial charge in [-0.1, -0.05) is 24.3 Å². The maximum absolute atomic E-state index is 12.6. The first-order chi connectivity index (χ1) is 12.0. The molecule has 2 aliphatic rings. The average molecular weight is 335 g/mol. The summed E-state index contributed by atoms with van der Waals surface area (Å²) in [5.74, 6) is -0.0448. The average Bonchev–Trinajstić information content (AvgIpc) is 3.11. The largest absolute Gasteiger partial charge is 0.345 e. The van der Waals surface area contributed by atoms with Crippen LogP contribution in [0.3, 0.4) is 0 Å². The molecule has 2 heterocycles. The summed E-state index contributed by atoms with van der Waals surface area (Å²) in [6.45, 7) is 2.45. The highest BCUT2D eigenvalue weighted by atomic mass is 16.2. The first-order valence-electron chi connectivity index (χ1n) is 8.22. The molecule has 5 nitrogen and oxygen atoms in total. The van der Waals surface area contributed by atoms with Crippen molar-refractivity contribution in [1.82, 2.24) is 9.80 Å². The van der Waals surface area contributed by atoms with Crippen LogP contribution in [0, 0.1) is 0 Å². The van der Waals surface area contributed by atoms with Gasteiger partial charge < -0.3 is 9.80 Å². The van der Waals surface area contributed by atoms with Gasteiger partial charge in [0, 0.05) is 44.2 Å². The number of nitrogens with zero attached hydrogens (tertiary/aromatic N) is 3. The number of fused-ring (bicyclic) bond motifs is 1. The van der Waals surface area contributed by atoms with Crippen molar-refractivity contribution in [3.63, 3.8) is 0 Å². The minimum Gasteiger partial charge on any atom is -0.345 e. The number of allylic oxidation sites excluding steroid dienone is 2. The fourth-order valence-electron chi connectivity index (χ4n) is 2.92. The Hall–Kier alpha value is -2.95. The molecule has 5 heteroatoms. The zero-order valence-electron chi connectivity index (χ0n) is 14.6. The highest BCUT2D eigenvalue weighted by Crippen LogP contribution is 2.34. The van der Waals surface area contributed by atoms with Crippen molar-refractivity contribution in [2.24, 2.45) is 4.99 Å². The van der Waals surface area contributed by atoms with E-state index in [1.807, 2.05) is 55.6 Å². The van der Waals surface area contributed by atoms with Crippen molar-refractivity contribution in [2.45, 2.75) is 13.0 Å². The van der Waals surface area contributed by atoms with E-state index in [0.717, 1.165) is 16.7 Å². The van der Waals surface area contributed by atoms with Crippen molar-refractivity contribution in [2.75, 3.05) is 20.6 Å². The van der Waals surface area contributed by atoms with Gasteiger partial charge in [-0.05, 0) is 36.3 Å². The van der Waals surface area contributed by atoms with E-state index in [0.29, 0.717) is 12.1 Å². The second-order valence-corrected chi connectivity index (χ2v) is 6.20. The summed E-state index contributed by atoms with van der Waals surface area (Å²) in [6, 6.07) is 7.01. The van der Waals surface area contributed by atoms with E-state index in [2.05, 4.69) is 4.99 Å². The zero-order valence-corrected chi connectivity index (χ0v) is 14.6. The van der Waals surface area contributed by atoms with Gasteiger partial charge in [0.25, 0.3) is 11.8 Å². The number of rotatable bonds is 4. The summed E-state index contributed by atoms with van der Waals surface area (Å²) in [4.78, 5) is 32.2. The zero-order chi connectivity index (χ0) is 18.0. The van der Waals surface area contributed by atoms with Gasteiger partial charge in [-0.15, -0.1) is 0 Å². The Kier molecular flexibility index (Phi) is 4.65. The van der Waals surface area contributed by atoms with Crippen LogP contribution in [0.15, 0.2) is 59.3 Å². The fourth-order valence-corrected chi connectivity index (χ4v) is 2.92. The molecule has 0 fully saturated rings. The van der Waals surface area contributed by atoms with Crippen LogP contribution in [0.4, 0.5) is 0 Å². The predicted octanol–water partition coefficient (Wildman–Crippen LogP) is 2.53. The Balaban J connectivity index is 1.96. The first-order valence-corrected chi connectivity index (χ1v) is 8.22. The Morgan fingerprint density at radius 1 is 1.28 bits per heavy atom. The van der Waals surface area contributed by atoms with E-state index in [9.17, 15) is 9.59 Å².